The third-order valence-electron chi connectivity index (χ3n) is 2.48. The Labute approximate surface area is 98.4 Å². The van der Waals surface area contributed by atoms with Crippen molar-refractivity contribution in [3.8, 4) is 11.6 Å². The summed E-state index contributed by atoms with van der Waals surface area (Å²) >= 11 is 0. The number of pyridine rings is 1. The summed E-state index contributed by atoms with van der Waals surface area (Å²) in [5, 5.41) is 0. The van der Waals surface area contributed by atoms with Crippen LogP contribution in [0.15, 0.2) is 49.6 Å². The summed E-state index contributed by atoms with van der Waals surface area (Å²) in [4.78, 5) is 12.6. The molecule has 0 unspecified atom stereocenters. The molecule has 0 bridgehead atoms. The summed E-state index contributed by atoms with van der Waals surface area (Å²) in [6.07, 6.45) is 10.7. The van der Waals surface area contributed by atoms with Crippen LogP contribution in [0.2, 0.25) is 0 Å². The molecule has 0 aliphatic rings. The van der Waals surface area contributed by atoms with Gasteiger partial charge in [-0.15, -0.1) is 0 Å². The lowest BCUT2D eigenvalue weighted by molar-refractivity contribution is 0.929. The summed E-state index contributed by atoms with van der Waals surface area (Å²) in [6.45, 7) is 2.04. The van der Waals surface area contributed by atoms with E-state index in [1.165, 1.54) is 0 Å². The number of aryl methyl sites for hydroxylation is 1. The monoisotopic (exact) mass is 225 g/mol. The van der Waals surface area contributed by atoms with Crippen LogP contribution in [-0.2, 0) is 0 Å². The highest BCUT2D eigenvalue weighted by Gasteiger charge is 2.03. The molecule has 0 atom stereocenters. The van der Waals surface area contributed by atoms with E-state index in [2.05, 4.69) is 15.0 Å². The molecule has 17 heavy (non-hydrogen) atoms. The fourth-order valence-corrected chi connectivity index (χ4v) is 1.68. The van der Waals surface area contributed by atoms with Gasteiger partial charge in [0.2, 0.25) is 0 Å². The molecule has 5 heteroatoms. The molecular weight excluding hydrogens is 214 g/mol. The van der Waals surface area contributed by atoms with Crippen molar-refractivity contribution in [1.82, 2.24) is 24.1 Å². The second kappa shape index (κ2) is 3.86. The quantitative estimate of drug-likeness (QED) is 0.667. The Morgan fingerprint density at radius 1 is 0.882 bits per heavy atom. The topological polar surface area (TPSA) is 48.5 Å². The van der Waals surface area contributed by atoms with E-state index in [-0.39, 0.29) is 0 Å². The van der Waals surface area contributed by atoms with Crippen molar-refractivity contribution in [2.24, 2.45) is 0 Å². The van der Waals surface area contributed by atoms with Crippen molar-refractivity contribution in [2.45, 2.75) is 6.92 Å². The average Bonchev–Trinajstić information content (AvgIpc) is 3.02. The molecule has 0 N–H and O–H groups in total. The van der Waals surface area contributed by atoms with Gasteiger partial charge in [0, 0.05) is 24.8 Å². The Morgan fingerprint density at radius 3 is 1.82 bits per heavy atom. The Bertz CT molecular complexity index is 558. The van der Waals surface area contributed by atoms with Crippen LogP contribution in [0, 0.1) is 6.92 Å². The van der Waals surface area contributed by atoms with E-state index < -0.39 is 0 Å². The van der Waals surface area contributed by atoms with E-state index in [0.29, 0.717) is 0 Å². The highest BCUT2D eigenvalue weighted by molar-refractivity contribution is 5.36. The molecule has 0 saturated carbocycles. The Kier molecular flexibility index (Phi) is 2.22. The second-order valence-corrected chi connectivity index (χ2v) is 3.80. The number of imidazole rings is 2. The van der Waals surface area contributed by atoms with Crippen LogP contribution < -0.4 is 0 Å². The van der Waals surface area contributed by atoms with Crippen LogP contribution in [0.1, 0.15) is 5.56 Å². The zero-order chi connectivity index (χ0) is 11.7. The average molecular weight is 225 g/mol. The van der Waals surface area contributed by atoms with Crippen LogP contribution in [-0.4, -0.2) is 24.1 Å². The zero-order valence-corrected chi connectivity index (χ0v) is 9.35. The summed E-state index contributed by atoms with van der Waals surface area (Å²) < 4.78 is 3.76. The molecule has 0 fully saturated rings. The maximum absolute atomic E-state index is 4.56. The molecule has 3 rings (SSSR count). The van der Waals surface area contributed by atoms with Crippen LogP contribution in [0.5, 0.6) is 0 Å². The standard InChI is InChI=1S/C12H11N5/c1-10-6-11(16-4-2-13-8-16)15-12(7-10)17-5-3-14-9-17/h2-9H,1H3. The van der Waals surface area contributed by atoms with Gasteiger partial charge in [-0.25, -0.2) is 15.0 Å². The summed E-state index contributed by atoms with van der Waals surface area (Å²) in [7, 11) is 0. The van der Waals surface area contributed by atoms with Crippen LogP contribution in [0.25, 0.3) is 11.6 Å². The van der Waals surface area contributed by atoms with E-state index in [1.54, 1.807) is 25.0 Å². The smallest absolute Gasteiger partial charge is 0.140 e. The molecule has 84 valence electrons. The van der Waals surface area contributed by atoms with Gasteiger partial charge in [0.25, 0.3) is 0 Å². The van der Waals surface area contributed by atoms with E-state index in [9.17, 15) is 0 Å². The molecule has 0 saturated heterocycles. The maximum atomic E-state index is 4.56. The maximum Gasteiger partial charge on any atom is 0.140 e. The fraction of sp³-hybridized carbons (Fsp3) is 0.0833. The van der Waals surface area contributed by atoms with Gasteiger partial charge in [0.05, 0.1) is 0 Å². The van der Waals surface area contributed by atoms with Crippen molar-refractivity contribution in [2.75, 3.05) is 0 Å². The Morgan fingerprint density at radius 2 is 1.41 bits per heavy atom. The SMILES string of the molecule is Cc1cc(-n2ccnc2)nc(-n2ccnc2)c1. The molecule has 0 amide bonds. The van der Waals surface area contributed by atoms with Crippen molar-refractivity contribution in [1.29, 1.82) is 0 Å². The lowest BCUT2D eigenvalue weighted by atomic mass is 10.3. The van der Waals surface area contributed by atoms with Crippen molar-refractivity contribution in [3.05, 3.63) is 55.1 Å². The van der Waals surface area contributed by atoms with Gasteiger partial charge in [0.15, 0.2) is 0 Å². The van der Waals surface area contributed by atoms with Crippen molar-refractivity contribution in [3.63, 3.8) is 0 Å². The van der Waals surface area contributed by atoms with Gasteiger partial charge < -0.3 is 0 Å². The van der Waals surface area contributed by atoms with Gasteiger partial charge in [-0.1, -0.05) is 0 Å². The molecular formula is C12H11N5. The molecule has 0 aliphatic heterocycles. The molecule has 0 aliphatic carbocycles. The Hall–Kier alpha value is -2.43. The first-order chi connectivity index (χ1) is 8.33. The predicted molar refractivity (Wildman–Crippen MR) is 63.2 cm³/mol. The third-order valence-corrected chi connectivity index (χ3v) is 2.48. The highest BCUT2D eigenvalue weighted by atomic mass is 15.2. The molecule has 3 heterocycles. The van der Waals surface area contributed by atoms with Gasteiger partial charge >= 0.3 is 0 Å². The number of nitrogens with zero attached hydrogens (tertiary/aromatic N) is 5. The minimum absolute atomic E-state index is 0.853. The summed E-state index contributed by atoms with van der Waals surface area (Å²) in [5.74, 6) is 1.71. The molecule has 0 aromatic carbocycles. The minimum atomic E-state index is 0.853. The number of aromatic nitrogens is 5. The number of hydrogen-bond acceptors (Lipinski definition) is 3. The highest BCUT2D eigenvalue weighted by Crippen LogP contribution is 2.12. The minimum Gasteiger partial charge on any atom is -0.290 e. The second-order valence-electron chi connectivity index (χ2n) is 3.80. The molecule has 3 aromatic rings. The van der Waals surface area contributed by atoms with Gasteiger partial charge in [-0.2, -0.15) is 0 Å². The van der Waals surface area contributed by atoms with Crippen molar-refractivity contribution >= 4 is 0 Å². The largest absolute Gasteiger partial charge is 0.290 e. The lowest BCUT2D eigenvalue weighted by Crippen LogP contribution is -2.01. The molecule has 3 aromatic heterocycles. The van der Waals surface area contributed by atoms with Crippen LogP contribution in [0.4, 0.5) is 0 Å². The molecule has 5 nitrogen and oxygen atoms in total. The zero-order valence-electron chi connectivity index (χ0n) is 9.35. The van der Waals surface area contributed by atoms with Crippen LogP contribution >= 0.6 is 0 Å². The third kappa shape index (κ3) is 1.82. The van der Waals surface area contributed by atoms with Gasteiger partial charge in [0.1, 0.15) is 24.3 Å². The van der Waals surface area contributed by atoms with Gasteiger partial charge in [-0.3, -0.25) is 9.13 Å². The fourth-order valence-electron chi connectivity index (χ4n) is 1.68. The molecule has 0 radical (unpaired) electrons. The first-order valence-electron chi connectivity index (χ1n) is 5.28. The number of rotatable bonds is 2. The van der Waals surface area contributed by atoms with E-state index in [0.717, 1.165) is 17.2 Å². The summed E-state index contributed by atoms with van der Waals surface area (Å²) in [5.41, 5.74) is 1.15. The lowest BCUT2D eigenvalue weighted by Gasteiger charge is -2.07. The molecule has 0 spiro atoms. The normalized spacial score (nSPS) is 10.6. The van der Waals surface area contributed by atoms with E-state index in [4.69, 9.17) is 0 Å². The van der Waals surface area contributed by atoms with Crippen LogP contribution in [0.3, 0.4) is 0 Å². The first kappa shape index (κ1) is 9.77. The van der Waals surface area contributed by atoms with E-state index >= 15 is 0 Å². The summed E-state index contributed by atoms with van der Waals surface area (Å²) in [6, 6.07) is 4.03. The van der Waals surface area contributed by atoms with E-state index in [1.807, 2.05) is 40.6 Å². The first-order valence-corrected chi connectivity index (χ1v) is 5.28. The Balaban J connectivity index is 2.13. The predicted octanol–water partition coefficient (Wildman–Crippen LogP) is 1.76. The van der Waals surface area contributed by atoms with Gasteiger partial charge in [-0.05, 0) is 24.6 Å². The van der Waals surface area contributed by atoms with Crippen molar-refractivity contribution < 1.29 is 0 Å². The number of hydrogen-bond donors (Lipinski definition) is 0.